The molecule has 3 N–H and O–H groups in total. The van der Waals surface area contributed by atoms with Crippen LogP contribution >= 0.6 is 22.9 Å². The highest BCUT2D eigenvalue weighted by molar-refractivity contribution is 7.21. The van der Waals surface area contributed by atoms with Gasteiger partial charge in [0.15, 0.2) is 0 Å². The van der Waals surface area contributed by atoms with Crippen molar-refractivity contribution in [2.75, 3.05) is 5.73 Å². The van der Waals surface area contributed by atoms with Crippen molar-refractivity contribution in [1.29, 1.82) is 0 Å². The molecule has 0 saturated heterocycles. The molecular weight excluding hydrogens is 612 g/mol. The molecule has 0 unspecified atom stereocenters. The van der Waals surface area contributed by atoms with Crippen molar-refractivity contribution in [3.8, 4) is 39.8 Å². The van der Waals surface area contributed by atoms with Gasteiger partial charge in [-0.2, -0.15) is 0 Å². The lowest BCUT2D eigenvalue weighted by atomic mass is 9.99. The van der Waals surface area contributed by atoms with Crippen molar-refractivity contribution < 1.29 is 41.4 Å². The minimum atomic E-state index is -4.90. The van der Waals surface area contributed by atoms with Gasteiger partial charge in [0.2, 0.25) is 11.0 Å². The van der Waals surface area contributed by atoms with Gasteiger partial charge in [0.05, 0.1) is 11.4 Å². The fourth-order valence-corrected chi connectivity index (χ4v) is 5.65. The number of hydrogen-bond donors (Lipinski definition) is 2. The van der Waals surface area contributed by atoms with Gasteiger partial charge < -0.3 is 15.6 Å². The number of pyridine rings is 1. The third kappa shape index (κ3) is 5.47. The lowest BCUT2D eigenvalue weighted by molar-refractivity contribution is -0.672. The number of aromatic hydroxyl groups is 1. The Morgan fingerprint density at radius 2 is 1.74 bits per heavy atom. The van der Waals surface area contributed by atoms with Crippen LogP contribution in [0.1, 0.15) is 15.4 Å². The number of ether oxygens (including phenoxy) is 1. The molecule has 0 saturated carbocycles. The summed E-state index contributed by atoms with van der Waals surface area (Å²) in [6.07, 6.45) is -4.90. The van der Waals surface area contributed by atoms with Gasteiger partial charge in [0, 0.05) is 32.8 Å². The number of thiophene rings is 1. The Morgan fingerprint density at radius 3 is 2.42 bits per heavy atom. The van der Waals surface area contributed by atoms with Crippen LogP contribution in [0.3, 0.4) is 0 Å². The van der Waals surface area contributed by atoms with E-state index >= 15 is 0 Å². The van der Waals surface area contributed by atoms with Crippen molar-refractivity contribution in [2.45, 2.75) is 6.36 Å². The Bertz CT molecular complexity index is 2010. The molecule has 0 aliphatic heterocycles. The average Bonchev–Trinajstić information content (AvgIpc) is 3.52. The van der Waals surface area contributed by atoms with Gasteiger partial charge in [0.1, 0.15) is 21.3 Å². The van der Waals surface area contributed by atoms with Crippen LogP contribution < -0.4 is 15.2 Å². The summed E-state index contributed by atoms with van der Waals surface area (Å²) >= 11 is 6.98. The van der Waals surface area contributed by atoms with Gasteiger partial charge in [-0.15, -0.1) is 24.5 Å². The molecule has 0 spiro atoms. The van der Waals surface area contributed by atoms with Crippen molar-refractivity contribution in [3.05, 3.63) is 100 Å². The molecule has 14 heteroatoms. The highest BCUT2D eigenvalue weighted by atomic mass is 35.5. The zero-order chi connectivity index (χ0) is 30.5. The van der Waals surface area contributed by atoms with E-state index in [1.54, 1.807) is 36.4 Å². The third-order valence-corrected chi connectivity index (χ3v) is 7.68. The fourth-order valence-electron chi connectivity index (χ4n) is 4.46. The van der Waals surface area contributed by atoms with Crippen LogP contribution in [0.4, 0.5) is 23.2 Å². The van der Waals surface area contributed by atoms with Crippen molar-refractivity contribution >= 4 is 44.6 Å². The fraction of sp³-hybridized carbons (Fsp3) is 0.0345. The second-order valence-electron chi connectivity index (χ2n) is 9.11. The lowest BCUT2D eigenvalue weighted by Gasteiger charge is -2.09. The molecule has 0 fully saturated rings. The molecule has 3 aromatic heterocycles. The molecule has 43 heavy (non-hydrogen) atoms. The van der Waals surface area contributed by atoms with E-state index in [9.17, 15) is 27.5 Å². The number of carbonyl (C=O) groups is 1. The standard InChI is InChI=1S/C29H15ClF4N4O4S/c30-16-6-4-14(5-7-16)21-13-20(15-2-1-3-17(31)12-15)22-23(35)26(43-27(22)36-21)25(39)24-28(40)42-37-38(24)18-8-10-19(11-9-18)41-29(32,33)34/h1-13H,(H2-,35,37,39,40)/p+1. The molecule has 3 heterocycles. The van der Waals surface area contributed by atoms with Crippen LogP contribution in [0.2, 0.25) is 5.02 Å². The lowest BCUT2D eigenvalue weighted by Crippen LogP contribution is -2.38. The zero-order valence-corrected chi connectivity index (χ0v) is 23.0. The summed E-state index contributed by atoms with van der Waals surface area (Å²) in [5, 5.41) is 15.0. The predicted molar refractivity (Wildman–Crippen MR) is 150 cm³/mol. The molecule has 6 aromatic rings. The third-order valence-electron chi connectivity index (χ3n) is 6.33. The van der Waals surface area contributed by atoms with Gasteiger partial charge >= 0.3 is 18.0 Å². The van der Waals surface area contributed by atoms with Crippen LogP contribution in [0.25, 0.3) is 38.3 Å². The van der Waals surface area contributed by atoms with E-state index in [4.69, 9.17) is 26.8 Å². The van der Waals surface area contributed by atoms with Crippen LogP contribution in [0, 0.1) is 5.82 Å². The molecule has 3 aromatic carbocycles. The van der Waals surface area contributed by atoms with E-state index in [0.717, 1.165) is 28.2 Å². The number of nitrogen functional groups attached to an aromatic ring is 1. The number of hydrogen-bond acceptors (Lipinski definition) is 8. The molecule has 8 nitrogen and oxygen atoms in total. The number of nitrogens with zero attached hydrogens (tertiary/aromatic N) is 3. The van der Waals surface area contributed by atoms with Crippen LogP contribution in [0.15, 0.2) is 83.4 Å². The molecule has 216 valence electrons. The maximum absolute atomic E-state index is 14.3. The second kappa shape index (κ2) is 10.7. The van der Waals surface area contributed by atoms with Gasteiger partial charge in [-0.05, 0) is 53.6 Å². The van der Waals surface area contributed by atoms with E-state index in [2.05, 4.69) is 10.0 Å². The average molecular weight is 628 g/mol. The minimum absolute atomic E-state index is 0.0143. The van der Waals surface area contributed by atoms with Gasteiger partial charge in [-0.1, -0.05) is 35.9 Å². The van der Waals surface area contributed by atoms with Gasteiger partial charge in [-0.25, -0.2) is 9.37 Å². The number of fused-ring (bicyclic) bond motifs is 1. The number of nitrogens with two attached hydrogens (primary N) is 1. The van der Waals surface area contributed by atoms with E-state index in [1.807, 2.05) is 0 Å². The first-order chi connectivity index (χ1) is 20.5. The number of alkyl halides is 3. The maximum Gasteiger partial charge on any atom is 0.573 e. The smallest absolute Gasteiger partial charge is 0.474 e. The molecule has 0 atom stereocenters. The van der Waals surface area contributed by atoms with Crippen LogP contribution in [0.5, 0.6) is 11.7 Å². The molecule has 0 aliphatic rings. The number of halogens is 5. The quantitative estimate of drug-likeness (QED) is 0.115. The maximum atomic E-state index is 14.3. The van der Waals surface area contributed by atoms with E-state index in [0.29, 0.717) is 37.6 Å². The highest BCUT2D eigenvalue weighted by Gasteiger charge is 2.38. The van der Waals surface area contributed by atoms with E-state index < -0.39 is 35.4 Å². The van der Waals surface area contributed by atoms with Crippen molar-refractivity contribution in [3.63, 3.8) is 0 Å². The molecular formula is C29H16ClF4N4O4S+. The Labute approximate surface area is 248 Å². The summed E-state index contributed by atoms with van der Waals surface area (Å²) in [7, 11) is 0. The number of benzene rings is 3. The number of anilines is 1. The number of carbonyl (C=O) groups excluding carboxylic acids is 1. The summed E-state index contributed by atoms with van der Waals surface area (Å²) in [6, 6.07) is 18.9. The summed E-state index contributed by atoms with van der Waals surface area (Å²) in [5.74, 6) is -2.63. The Morgan fingerprint density at radius 1 is 1.02 bits per heavy atom. The molecule has 6 rings (SSSR count). The summed E-state index contributed by atoms with van der Waals surface area (Å²) in [4.78, 5) is 18.9. The minimum Gasteiger partial charge on any atom is -0.474 e. The first-order valence-electron chi connectivity index (χ1n) is 12.3. The molecule has 0 radical (unpaired) electrons. The number of rotatable bonds is 6. The predicted octanol–water partition coefficient (Wildman–Crippen LogP) is 7.10. The van der Waals surface area contributed by atoms with Crippen LogP contribution in [-0.4, -0.2) is 27.5 Å². The Hall–Kier alpha value is -5.01. The second-order valence-corrected chi connectivity index (χ2v) is 10.5. The van der Waals surface area contributed by atoms with Gasteiger partial charge in [-0.3, -0.25) is 9.32 Å². The monoisotopic (exact) mass is 627 g/mol. The van der Waals surface area contributed by atoms with E-state index in [-0.39, 0.29) is 16.3 Å². The van der Waals surface area contributed by atoms with Crippen LogP contribution in [-0.2, 0) is 0 Å². The SMILES string of the molecule is Nc1c(C(=O)c2c(O)on[n+]2-c2ccc(OC(F)(F)F)cc2)sc2nc(-c3ccc(Cl)cc3)cc(-c3cccc(F)c3)c12. The number of ketones is 1. The summed E-state index contributed by atoms with van der Waals surface area (Å²) < 4.78 is 61.6. The first-order valence-corrected chi connectivity index (χ1v) is 13.4. The molecule has 0 bridgehead atoms. The normalized spacial score (nSPS) is 11.7. The summed E-state index contributed by atoms with van der Waals surface area (Å²) in [6.45, 7) is 0. The Balaban J connectivity index is 1.48. The first kappa shape index (κ1) is 28.1. The highest BCUT2D eigenvalue weighted by Crippen LogP contribution is 2.42. The molecule has 0 amide bonds. The summed E-state index contributed by atoms with van der Waals surface area (Å²) in [5.41, 5.74) is 8.39. The largest absolute Gasteiger partial charge is 0.573 e. The topological polar surface area (TPSA) is 115 Å². The van der Waals surface area contributed by atoms with E-state index in [1.165, 1.54) is 30.3 Å². The number of aromatic nitrogens is 3. The molecule has 0 aliphatic carbocycles. The Kier molecular flexibility index (Phi) is 6.98. The van der Waals surface area contributed by atoms with Crippen molar-refractivity contribution in [2.24, 2.45) is 0 Å². The van der Waals surface area contributed by atoms with Crippen molar-refractivity contribution in [1.82, 2.24) is 10.3 Å². The van der Waals surface area contributed by atoms with Gasteiger partial charge in [0.25, 0.3) is 5.78 Å². The zero-order valence-electron chi connectivity index (χ0n) is 21.4.